The Kier molecular flexibility index (Phi) is 4.81. The molecule has 0 amide bonds. The van der Waals surface area contributed by atoms with Crippen molar-refractivity contribution < 1.29 is 13.2 Å². The average Bonchev–Trinajstić information content (AvgIpc) is 2.63. The van der Waals surface area contributed by atoms with E-state index in [1.807, 2.05) is 6.07 Å². The number of halogens is 4. The highest BCUT2D eigenvalue weighted by atomic mass is 35.5. The molecule has 0 saturated heterocycles. The van der Waals surface area contributed by atoms with Crippen LogP contribution in [0, 0.1) is 18.3 Å². The summed E-state index contributed by atoms with van der Waals surface area (Å²) >= 11 is 5.92. The molecule has 3 rings (SSSR count). The average molecular weight is 388 g/mol. The van der Waals surface area contributed by atoms with Gasteiger partial charge in [-0.1, -0.05) is 35.9 Å². The van der Waals surface area contributed by atoms with E-state index in [0.29, 0.717) is 27.4 Å². The quantitative estimate of drug-likeness (QED) is 0.599. The van der Waals surface area contributed by atoms with E-state index in [1.165, 1.54) is 12.1 Å². The maximum Gasteiger partial charge on any atom is 0.416 e. The minimum Gasteiger partial charge on any atom is -0.383 e. The zero-order valence-corrected chi connectivity index (χ0v) is 14.9. The lowest BCUT2D eigenvalue weighted by Crippen LogP contribution is -2.05. The van der Waals surface area contributed by atoms with Crippen molar-refractivity contribution in [3.63, 3.8) is 0 Å². The number of nitrogens with two attached hydrogens (primary N) is 1. The summed E-state index contributed by atoms with van der Waals surface area (Å²) in [5, 5.41) is 10.1. The van der Waals surface area contributed by atoms with E-state index < -0.39 is 11.7 Å². The normalized spacial score (nSPS) is 11.3. The minimum absolute atomic E-state index is 0.0166. The third kappa shape index (κ3) is 3.60. The summed E-state index contributed by atoms with van der Waals surface area (Å²) in [6.45, 7) is 1.75. The molecule has 0 aliphatic heterocycles. The van der Waals surface area contributed by atoms with Crippen LogP contribution in [0.5, 0.6) is 0 Å². The van der Waals surface area contributed by atoms with Gasteiger partial charge in [0.05, 0.1) is 11.3 Å². The molecule has 0 spiro atoms. The standard InChI is InChI=1S/C20H13ClF3N3/c1-11-17(12-2-6-14(7-3-12)20(22,23)24)16(10-25)19(26)27-18(11)13-4-8-15(21)9-5-13/h2-9H,1H3,(H2,26,27). The fourth-order valence-electron chi connectivity index (χ4n) is 2.88. The second kappa shape index (κ2) is 6.93. The Hall–Kier alpha value is -3.04. The van der Waals surface area contributed by atoms with Crippen LogP contribution in [0.1, 0.15) is 16.7 Å². The van der Waals surface area contributed by atoms with E-state index in [-0.39, 0.29) is 11.4 Å². The second-order valence-electron chi connectivity index (χ2n) is 5.91. The molecule has 0 aliphatic carbocycles. The Morgan fingerprint density at radius 1 is 1.00 bits per heavy atom. The third-order valence-electron chi connectivity index (χ3n) is 4.20. The Morgan fingerprint density at radius 3 is 2.07 bits per heavy atom. The number of benzene rings is 2. The largest absolute Gasteiger partial charge is 0.416 e. The molecule has 0 fully saturated rings. The molecule has 1 heterocycles. The molecule has 27 heavy (non-hydrogen) atoms. The van der Waals surface area contributed by atoms with Crippen LogP contribution < -0.4 is 5.73 Å². The molecule has 2 N–H and O–H groups in total. The highest BCUT2D eigenvalue weighted by Gasteiger charge is 2.30. The zero-order chi connectivity index (χ0) is 19.8. The zero-order valence-electron chi connectivity index (χ0n) is 14.1. The molecule has 0 unspecified atom stereocenters. The van der Waals surface area contributed by atoms with Crippen molar-refractivity contribution in [2.45, 2.75) is 13.1 Å². The summed E-state index contributed by atoms with van der Waals surface area (Å²) in [6.07, 6.45) is -4.43. The molecular formula is C20H13ClF3N3. The lowest BCUT2D eigenvalue weighted by molar-refractivity contribution is -0.137. The van der Waals surface area contributed by atoms with Crippen molar-refractivity contribution in [1.82, 2.24) is 4.98 Å². The molecule has 0 aliphatic rings. The second-order valence-corrected chi connectivity index (χ2v) is 6.35. The fourth-order valence-corrected chi connectivity index (χ4v) is 3.01. The van der Waals surface area contributed by atoms with Gasteiger partial charge in [-0.3, -0.25) is 0 Å². The third-order valence-corrected chi connectivity index (χ3v) is 4.45. The molecule has 7 heteroatoms. The summed E-state index contributed by atoms with van der Waals surface area (Å²) in [4.78, 5) is 4.32. The number of nitriles is 1. The molecule has 0 atom stereocenters. The van der Waals surface area contributed by atoms with Gasteiger partial charge in [-0.15, -0.1) is 0 Å². The van der Waals surface area contributed by atoms with Gasteiger partial charge in [0.15, 0.2) is 0 Å². The van der Waals surface area contributed by atoms with Gasteiger partial charge in [0.25, 0.3) is 0 Å². The molecule has 136 valence electrons. The number of pyridine rings is 1. The molecule has 3 nitrogen and oxygen atoms in total. The Labute approximate surface area is 158 Å². The van der Waals surface area contributed by atoms with Gasteiger partial charge < -0.3 is 5.73 Å². The van der Waals surface area contributed by atoms with Crippen molar-refractivity contribution in [2.75, 3.05) is 5.73 Å². The summed E-state index contributed by atoms with van der Waals surface area (Å²) < 4.78 is 38.5. The van der Waals surface area contributed by atoms with Crippen LogP contribution in [0.2, 0.25) is 5.02 Å². The Morgan fingerprint density at radius 2 is 1.56 bits per heavy atom. The SMILES string of the molecule is Cc1c(-c2ccc(Cl)cc2)nc(N)c(C#N)c1-c1ccc(C(F)(F)F)cc1. The number of alkyl halides is 3. The minimum atomic E-state index is -4.43. The highest BCUT2D eigenvalue weighted by Crippen LogP contribution is 2.37. The lowest BCUT2D eigenvalue weighted by Gasteiger charge is -2.16. The van der Waals surface area contributed by atoms with Crippen LogP contribution in [0.3, 0.4) is 0 Å². The summed E-state index contributed by atoms with van der Waals surface area (Å²) in [6, 6.07) is 13.6. The van der Waals surface area contributed by atoms with E-state index in [4.69, 9.17) is 17.3 Å². The van der Waals surface area contributed by atoms with Crippen molar-refractivity contribution >= 4 is 17.4 Å². The first-order valence-electron chi connectivity index (χ1n) is 7.86. The number of hydrogen-bond acceptors (Lipinski definition) is 3. The van der Waals surface area contributed by atoms with Crippen molar-refractivity contribution in [3.05, 3.63) is 70.2 Å². The first-order chi connectivity index (χ1) is 12.7. The summed E-state index contributed by atoms with van der Waals surface area (Å²) in [5.74, 6) is 0.0166. The predicted octanol–water partition coefficient (Wildman–Crippen LogP) is 5.85. The van der Waals surface area contributed by atoms with Crippen LogP contribution in [0.15, 0.2) is 48.5 Å². The smallest absolute Gasteiger partial charge is 0.383 e. The van der Waals surface area contributed by atoms with Gasteiger partial charge >= 0.3 is 6.18 Å². The van der Waals surface area contributed by atoms with Crippen molar-refractivity contribution in [2.24, 2.45) is 0 Å². The summed E-state index contributed by atoms with van der Waals surface area (Å²) in [5.41, 5.74) is 8.17. The maximum atomic E-state index is 12.8. The molecule has 0 radical (unpaired) electrons. The van der Waals surface area contributed by atoms with Crippen LogP contribution in [-0.2, 0) is 6.18 Å². The monoisotopic (exact) mass is 387 g/mol. The van der Waals surface area contributed by atoms with Gasteiger partial charge in [-0.2, -0.15) is 18.4 Å². The number of nitrogens with zero attached hydrogens (tertiary/aromatic N) is 2. The van der Waals surface area contributed by atoms with Gasteiger partial charge in [-0.25, -0.2) is 4.98 Å². The molecule has 2 aromatic carbocycles. The number of nitrogen functional groups attached to an aromatic ring is 1. The topological polar surface area (TPSA) is 62.7 Å². The number of rotatable bonds is 2. The predicted molar refractivity (Wildman–Crippen MR) is 99.0 cm³/mol. The van der Waals surface area contributed by atoms with Crippen LogP contribution in [-0.4, -0.2) is 4.98 Å². The van der Waals surface area contributed by atoms with Crippen LogP contribution in [0.25, 0.3) is 22.4 Å². The molecule has 0 bridgehead atoms. The van der Waals surface area contributed by atoms with E-state index >= 15 is 0 Å². The van der Waals surface area contributed by atoms with Crippen LogP contribution >= 0.6 is 11.6 Å². The van der Waals surface area contributed by atoms with E-state index in [2.05, 4.69) is 4.98 Å². The van der Waals surface area contributed by atoms with Gasteiger partial charge in [0, 0.05) is 16.1 Å². The van der Waals surface area contributed by atoms with Gasteiger partial charge in [0.2, 0.25) is 0 Å². The first-order valence-corrected chi connectivity index (χ1v) is 8.24. The van der Waals surface area contributed by atoms with E-state index in [0.717, 1.165) is 17.7 Å². The highest BCUT2D eigenvalue weighted by molar-refractivity contribution is 6.30. The first kappa shape index (κ1) is 18.7. The number of anilines is 1. The molecule has 0 saturated carbocycles. The lowest BCUT2D eigenvalue weighted by atomic mass is 9.92. The fraction of sp³-hybridized carbons (Fsp3) is 0.100. The molecule has 3 aromatic rings. The van der Waals surface area contributed by atoms with Crippen molar-refractivity contribution in [3.8, 4) is 28.5 Å². The summed E-state index contributed by atoms with van der Waals surface area (Å²) in [7, 11) is 0. The molecular weight excluding hydrogens is 375 g/mol. The maximum absolute atomic E-state index is 12.8. The van der Waals surface area contributed by atoms with Gasteiger partial charge in [0.1, 0.15) is 17.5 Å². The van der Waals surface area contributed by atoms with Crippen LogP contribution in [0.4, 0.5) is 19.0 Å². The van der Waals surface area contributed by atoms with E-state index in [9.17, 15) is 18.4 Å². The van der Waals surface area contributed by atoms with Gasteiger partial charge in [-0.05, 0) is 42.3 Å². The number of aromatic nitrogens is 1. The molecule has 1 aromatic heterocycles. The Bertz CT molecular complexity index is 1030. The van der Waals surface area contributed by atoms with E-state index in [1.54, 1.807) is 31.2 Å². The number of hydrogen-bond donors (Lipinski definition) is 1. The Balaban J connectivity index is 2.22. The van der Waals surface area contributed by atoms with Crippen molar-refractivity contribution in [1.29, 1.82) is 5.26 Å².